The minimum atomic E-state index is -2.24. The van der Waals surface area contributed by atoms with E-state index < -0.39 is 13.7 Å². The number of hydrogen-bond donors (Lipinski definition) is 0. The first-order valence-electron chi connectivity index (χ1n) is 8.94. The SMILES string of the molecule is [2H]C([2H])([2H])c1ccc2cc(-c3cc(C)c(C([2H])([2H])[2H])cn3)ccc2n1. The van der Waals surface area contributed by atoms with E-state index in [1.807, 2.05) is 6.07 Å². The van der Waals surface area contributed by atoms with Crippen LogP contribution in [0.1, 0.15) is 25.0 Å². The average molecular weight is 254 g/mol. The van der Waals surface area contributed by atoms with E-state index in [2.05, 4.69) is 9.97 Å². The zero-order valence-corrected chi connectivity index (χ0v) is 10.4. The van der Waals surface area contributed by atoms with E-state index in [1.165, 1.54) is 12.3 Å². The van der Waals surface area contributed by atoms with Gasteiger partial charge in [0.25, 0.3) is 0 Å². The fraction of sp³-hybridized carbons (Fsp3) is 0.176. The summed E-state index contributed by atoms with van der Waals surface area (Å²) in [6.45, 7) is -2.68. The van der Waals surface area contributed by atoms with Crippen LogP contribution in [0.4, 0.5) is 0 Å². The van der Waals surface area contributed by atoms with E-state index in [4.69, 9.17) is 8.22 Å². The van der Waals surface area contributed by atoms with E-state index in [0.717, 1.165) is 10.9 Å². The molecule has 1 aromatic carbocycles. The highest BCUT2D eigenvalue weighted by Gasteiger charge is 2.03. The second-order valence-electron chi connectivity index (χ2n) is 4.49. The van der Waals surface area contributed by atoms with Crippen molar-refractivity contribution in [3.8, 4) is 11.3 Å². The molecule has 94 valence electrons. The van der Waals surface area contributed by atoms with Crippen molar-refractivity contribution in [3.05, 3.63) is 59.4 Å². The molecule has 0 N–H and O–H groups in total. The Labute approximate surface area is 121 Å². The van der Waals surface area contributed by atoms with Crippen LogP contribution in [0.15, 0.2) is 42.6 Å². The zero-order chi connectivity index (χ0) is 18.4. The van der Waals surface area contributed by atoms with Crippen LogP contribution in [0, 0.1) is 20.6 Å². The second kappa shape index (κ2) is 4.47. The lowest BCUT2D eigenvalue weighted by Gasteiger charge is -2.06. The first-order chi connectivity index (χ1) is 11.6. The van der Waals surface area contributed by atoms with Gasteiger partial charge >= 0.3 is 0 Å². The van der Waals surface area contributed by atoms with Crippen LogP contribution >= 0.6 is 0 Å². The third-order valence-corrected chi connectivity index (χ3v) is 3.10. The maximum Gasteiger partial charge on any atom is 0.0705 e. The van der Waals surface area contributed by atoms with Gasteiger partial charge < -0.3 is 0 Å². The van der Waals surface area contributed by atoms with Crippen LogP contribution < -0.4 is 0 Å². The second-order valence-corrected chi connectivity index (χ2v) is 4.49. The molecule has 0 atom stereocenters. The fourth-order valence-electron chi connectivity index (χ4n) is 2.00. The number of aromatic nitrogens is 2. The van der Waals surface area contributed by atoms with Crippen molar-refractivity contribution in [1.29, 1.82) is 0 Å². The normalized spacial score (nSPS) is 16.9. The number of nitrogens with zero attached hydrogens (tertiary/aromatic N) is 2. The van der Waals surface area contributed by atoms with E-state index in [1.54, 1.807) is 31.2 Å². The highest BCUT2D eigenvalue weighted by Crippen LogP contribution is 2.23. The van der Waals surface area contributed by atoms with Gasteiger partial charge in [0.1, 0.15) is 0 Å². The lowest BCUT2D eigenvalue weighted by molar-refractivity contribution is 1.22. The molecule has 0 aliphatic heterocycles. The Balaban J connectivity index is 2.04. The minimum Gasteiger partial charge on any atom is -0.256 e. The Kier molecular flexibility index (Phi) is 1.60. The Morgan fingerprint density at radius 1 is 1.00 bits per heavy atom. The average Bonchev–Trinajstić information content (AvgIpc) is 2.51. The number of pyridine rings is 2. The molecule has 0 unspecified atom stereocenters. The van der Waals surface area contributed by atoms with Gasteiger partial charge in [0.15, 0.2) is 0 Å². The molecule has 0 amide bonds. The first-order valence-corrected chi connectivity index (χ1v) is 5.94. The van der Waals surface area contributed by atoms with Gasteiger partial charge in [0.05, 0.1) is 11.2 Å². The molecular weight excluding hydrogens is 232 g/mol. The molecule has 0 saturated heterocycles. The van der Waals surface area contributed by atoms with Crippen molar-refractivity contribution >= 4 is 10.9 Å². The van der Waals surface area contributed by atoms with Crippen LogP contribution in [0.25, 0.3) is 22.2 Å². The van der Waals surface area contributed by atoms with Gasteiger partial charge in [-0.1, -0.05) is 12.1 Å². The Hall–Kier alpha value is -2.22. The third-order valence-electron chi connectivity index (χ3n) is 3.10. The Morgan fingerprint density at radius 3 is 2.74 bits per heavy atom. The van der Waals surface area contributed by atoms with Crippen LogP contribution in [-0.2, 0) is 0 Å². The minimum absolute atomic E-state index is 0.0590. The van der Waals surface area contributed by atoms with Crippen LogP contribution in [0.3, 0.4) is 0 Å². The summed E-state index contributed by atoms with van der Waals surface area (Å²) in [5.74, 6) is 0. The molecule has 3 rings (SSSR count). The topological polar surface area (TPSA) is 25.8 Å². The quantitative estimate of drug-likeness (QED) is 0.649. The molecule has 2 aromatic heterocycles. The molecule has 2 heteroatoms. The molecule has 0 radical (unpaired) electrons. The van der Waals surface area contributed by atoms with Gasteiger partial charge in [-0.05, 0) is 56.0 Å². The number of rotatable bonds is 1. The molecule has 0 spiro atoms. The lowest BCUT2D eigenvalue weighted by Crippen LogP contribution is -1.89. The van der Waals surface area contributed by atoms with Crippen molar-refractivity contribution in [2.75, 3.05) is 0 Å². The Bertz CT molecular complexity index is 944. The number of fused-ring (bicyclic) bond motifs is 1. The van der Waals surface area contributed by atoms with Gasteiger partial charge in [-0.2, -0.15) is 0 Å². The molecule has 2 heterocycles. The summed E-state index contributed by atoms with van der Waals surface area (Å²) < 4.78 is 44.8. The summed E-state index contributed by atoms with van der Waals surface area (Å²) in [5.41, 5.74) is 3.02. The third kappa shape index (κ3) is 2.22. The summed E-state index contributed by atoms with van der Waals surface area (Å²) >= 11 is 0. The maximum absolute atomic E-state index is 7.51. The zero-order valence-electron chi connectivity index (χ0n) is 16.4. The van der Waals surface area contributed by atoms with Gasteiger partial charge in [0.2, 0.25) is 0 Å². The summed E-state index contributed by atoms with van der Waals surface area (Å²) in [7, 11) is 0. The van der Waals surface area contributed by atoms with Gasteiger partial charge in [-0.25, -0.2) is 0 Å². The molecule has 19 heavy (non-hydrogen) atoms. The fourth-order valence-corrected chi connectivity index (χ4v) is 2.00. The van der Waals surface area contributed by atoms with Gasteiger partial charge in [-0.3, -0.25) is 9.97 Å². The summed E-state index contributed by atoms with van der Waals surface area (Å²) in [6, 6.07) is 10.4. The summed E-state index contributed by atoms with van der Waals surface area (Å²) in [6.07, 6.45) is 1.39. The highest BCUT2D eigenvalue weighted by molar-refractivity contribution is 5.84. The van der Waals surface area contributed by atoms with Crippen LogP contribution in [-0.4, -0.2) is 9.97 Å². The predicted molar refractivity (Wildman–Crippen MR) is 79.2 cm³/mol. The molecular formula is C17H16N2. The van der Waals surface area contributed by atoms with Gasteiger partial charge in [-0.15, -0.1) is 0 Å². The Morgan fingerprint density at radius 2 is 1.95 bits per heavy atom. The number of aryl methyl sites for hydroxylation is 3. The first kappa shape index (κ1) is 6.80. The van der Waals surface area contributed by atoms with Crippen molar-refractivity contribution < 1.29 is 8.22 Å². The van der Waals surface area contributed by atoms with Crippen molar-refractivity contribution in [3.63, 3.8) is 0 Å². The number of hydrogen-bond acceptors (Lipinski definition) is 2. The monoisotopic (exact) mass is 254 g/mol. The number of benzene rings is 1. The molecule has 3 aromatic rings. The van der Waals surface area contributed by atoms with E-state index in [-0.39, 0.29) is 11.3 Å². The van der Waals surface area contributed by atoms with E-state index >= 15 is 0 Å². The van der Waals surface area contributed by atoms with E-state index in [0.29, 0.717) is 16.8 Å². The van der Waals surface area contributed by atoms with Crippen molar-refractivity contribution in [1.82, 2.24) is 9.97 Å². The molecule has 0 saturated carbocycles. The lowest BCUT2D eigenvalue weighted by atomic mass is 10.0. The molecule has 2 nitrogen and oxygen atoms in total. The van der Waals surface area contributed by atoms with Crippen molar-refractivity contribution in [2.45, 2.75) is 20.6 Å². The van der Waals surface area contributed by atoms with Gasteiger partial charge in [0, 0.05) is 31.1 Å². The molecule has 0 fully saturated rings. The highest BCUT2D eigenvalue weighted by atomic mass is 14.7. The molecule has 0 aliphatic rings. The smallest absolute Gasteiger partial charge is 0.0705 e. The standard InChI is InChI=1S/C17H16N2/c1-11-8-17(18-10-12(11)2)15-6-7-16-14(9-15)5-4-13(3)19-16/h4-10H,1-3H3/i2D3,3D3. The van der Waals surface area contributed by atoms with Crippen LogP contribution in [0.5, 0.6) is 0 Å². The summed E-state index contributed by atoms with van der Waals surface area (Å²) in [5, 5.41) is 0.796. The predicted octanol–water partition coefficient (Wildman–Crippen LogP) is 4.22. The summed E-state index contributed by atoms with van der Waals surface area (Å²) in [4.78, 5) is 8.46. The maximum atomic E-state index is 7.51. The molecule has 0 aliphatic carbocycles. The van der Waals surface area contributed by atoms with Crippen molar-refractivity contribution in [2.24, 2.45) is 0 Å². The van der Waals surface area contributed by atoms with E-state index in [9.17, 15) is 0 Å². The molecule has 0 bridgehead atoms. The van der Waals surface area contributed by atoms with Crippen LogP contribution in [0.2, 0.25) is 0 Å². The largest absolute Gasteiger partial charge is 0.256 e.